The Hall–Kier alpha value is -0.820. The van der Waals surface area contributed by atoms with Crippen LogP contribution in [0, 0.1) is 51.2 Å². The van der Waals surface area contributed by atoms with Crippen molar-refractivity contribution in [3.8, 4) is 0 Å². The Balaban J connectivity index is 1.56. The van der Waals surface area contributed by atoms with Crippen molar-refractivity contribution in [3.63, 3.8) is 0 Å². The summed E-state index contributed by atoms with van der Waals surface area (Å²) in [5.41, 5.74) is -2.80. The van der Waals surface area contributed by atoms with E-state index in [0.29, 0.717) is 5.92 Å². The van der Waals surface area contributed by atoms with Crippen LogP contribution in [0.4, 0.5) is 0 Å². The first-order chi connectivity index (χ1) is 14.3. The van der Waals surface area contributed by atoms with E-state index >= 15 is 0 Å². The fourth-order valence-electron chi connectivity index (χ4n) is 10.2. The Morgan fingerprint density at radius 2 is 1.71 bits per heavy atom. The van der Waals surface area contributed by atoms with Crippen LogP contribution in [0.25, 0.3) is 0 Å². The molecule has 1 N–H and O–H groups in total. The molecule has 3 heterocycles. The maximum Gasteiger partial charge on any atom is 0.213 e. The van der Waals surface area contributed by atoms with Gasteiger partial charge in [0.25, 0.3) is 0 Å². The highest BCUT2D eigenvalue weighted by molar-refractivity contribution is 5.99. The summed E-state index contributed by atoms with van der Waals surface area (Å²) in [6.07, 6.45) is 1.09. The average molecular weight is 431 g/mol. The van der Waals surface area contributed by atoms with Crippen molar-refractivity contribution in [2.75, 3.05) is 6.61 Å². The summed E-state index contributed by atoms with van der Waals surface area (Å²) in [7, 11) is 0. The Labute approximate surface area is 183 Å². The molecule has 6 nitrogen and oxygen atoms in total. The lowest BCUT2D eigenvalue weighted by Gasteiger charge is -2.76. The lowest BCUT2D eigenvalue weighted by atomic mass is 9.35. The smallest absolute Gasteiger partial charge is 0.213 e. The van der Waals surface area contributed by atoms with Gasteiger partial charge in [-0.1, -0.05) is 27.7 Å². The first-order valence-corrected chi connectivity index (χ1v) is 12.1. The minimum absolute atomic E-state index is 0.0293. The van der Waals surface area contributed by atoms with Crippen LogP contribution < -0.4 is 0 Å². The molecule has 3 aliphatic heterocycles. The van der Waals surface area contributed by atoms with Gasteiger partial charge in [-0.3, -0.25) is 9.59 Å². The van der Waals surface area contributed by atoms with E-state index in [9.17, 15) is 14.7 Å². The zero-order chi connectivity index (χ0) is 22.1. The zero-order valence-corrected chi connectivity index (χ0v) is 19.4. The maximum absolute atomic E-state index is 14.4. The number of carbonyl (C=O) groups excluding carboxylic acids is 2. The third kappa shape index (κ3) is 1.62. The molecule has 8 rings (SSSR count). The molecular formula is C25H34O6. The topological polar surface area (TPSA) is 82.1 Å². The monoisotopic (exact) mass is 430 g/mol. The summed E-state index contributed by atoms with van der Waals surface area (Å²) in [5, 5.41) is 12.1. The predicted molar refractivity (Wildman–Crippen MR) is 108 cm³/mol. The molecule has 170 valence electrons. The number of aliphatic hydroxyl groups is 1. The summed E-state index contributed by atoms with van der Waals surface area (Å²) in [4.78, 5) is 28.5. The first kappa shape index (κ1) is 19.6. The fraction of sp³-hybridized carbons (Fsp3) is 0.920. The van der Waals surface area contributed by atoms with E-state index in [4.69, 9.17) is 14.2 Å². The van der Waals surface area contributed by atoms with Crippen molar-refractivity contribution in [2.45, 2.75) is 84.6 Å². The predicted octanol–water partition coefficient (Wildman–Crippen LogP) is 2.71. The Kier molecular flexibility index (Phi) is 3.07. The third-order valence-corrected chi connectivity index (χ3v) is 11.2. The van der Waals surface area contributed by atoms with E-state index in [0.717, 1.165) is 19.3 Å². The highest BCUT2D eigenvalue weighted by Crippen LogP contribution is 2.82. The van der Waals surface area contributed by atoms with Gasteiger partial charge in [-0.2, -0.15) is 0 Å². The Morgan fingerprint density at radius 3 is 2.42 bits per heavy atom. The molecular weight excluding hydrogens is 396 g/mol. The first-order valence-electron chi connectivity index (χ1n) is 12.1. The van der Waals surface area contributed by atoms with Crippen molar-refractivity contribution >= 4 is 11.6 Å². The molecule has 8 aliphatic rings. The van der Waals surface area contributed by atoms with Gasteiger partial charge in [-0.15, -0.1) is 0 Å². The third-order valence-electron chi connectivity index (χ3n) is 11.2. The highest BCUT2D eigenvalue weighted by atomic mass is 16.8. The Bertz CT molecular complexity index is 952. The molecule has 0 amide bonds. The number of hydrogen-bond acceptors (Lipinski definition) is 6. The average Bonchev–Trinajstić information content (AvgIpc) is 3.46. The summed E-state index contributed by atoms with van der Waals surface area (Å²) in [6, 6.07) is 0. The van der Waals surface area contributed by atoms with E-state index in [2.05, 4.69) is 13.8 Å². The van der Waals surface area contributed by atoms with E-state index in [1.165, 1.54) is 0 Å². The molecule has 3 saturated heterocycles. The molecule has 5 aliphatic carbocycles. The van der Waals surface area contributed by atoms with Crippen LogP contribution in [0.3, 0.4) is 0 Å². The van der Waals surface area contributed by atoms with Crippen LogP contribution >= 0.6 is 0 Å². The molecule has 3 spiro atoms. The van der Waals surface area contributed by atoms with Gasteiger partial charge < -0.3 is 19.3 Å². The summed E-state index contributed by atoms with van der Waals surface area (Å²) >= 11 is 0. The van der Waals surface area contributed by atoms with E-state index in [1.54, 1.807) is 0 Å². The number of fused-ring (bicyclic) bond motifs is 2. The number of hydrogen-bond donors (Lipinski definition) is 1. The number of Topliss-reactive ketones (excluding diaryl/α,β-unsaturated/α-hetero) is 2. The molecule has 5 saturated carbocycles. The van der Waals surface area contributed by atoms with Crippen molar-refractivity contribution in [1.82, 2.24) is 0 Å². The molecule has 6 heteroatoms. The molecule has 2 unspecified atom stereocenters. The van der Waals surface area contributed by atoms with Crippen molar-refractivity contribution in [3.05, 3.63) is 0 Å². The van der Waals surface area contributed by atoms with Crippen LogP contribution in [0.15, 0.2) is 0 Å². The van der Waals surface area contributed by atoms with Gasteiger partial charge >= 0.3 is 0 Å². The van der Waals surface area contributed by atoms with E-state index in [-0.39, 0.29) is 47.3 Å². The number of ether oxygens (including phenoxy) is 3. The molecule has 31 heavy (non-hydrogen) atoms. The molecule has 10 atom stereocenters. The zero-order valence-electron chi connectivity index (χ0n) is 19.4. The minimum Gasteiger partial charge on any atom is -0.387 e. The minimum atomic E-state index is -1.46. The lowest BCUT2D eigenvalue weighted by molar-refractivity contribution is -0.524. The van der Waals surface area contributed by atoms with Crippen LogP contribution in [0.5, 0.6) is 0 Å². The second kappa shape index (κ2) is 4.84. The van der Waals surface area contributed by atoms with Gasteiger partial charge in [0.05, 0.1) is 18.1 Å². The summed E-state index contributed by atoms with van der Waals surface area (Å²) in [6.45, 7) is 12.4. The van der Waals surface area contributed by atoms with Crippen LogP contribution in [0.1, 0.15) is 60.8 Å². The number of ketones is 2. The van der Waals surface area contributed by atoms with Gasteiger partial charge in [0.1, 0.15) is 17.3 Å². The molecule has 4 bridgehead atoms. The maximum atomic E-state index is 14.4. The SMILES string of the molecule is CC1(C)O[C@H]2[C@H]3CC[C@H]4[C@@]56CO[C@](O1)([C@@H](O)[C@@H]5C(C)(C)C1CC1C6=O)[C@@]24C(=O)C3(C)C. The van der Waals surface area contributed by atoms with Gasteiger partial charge in [-0.25, -0.2) is 0 Å². The quantitative estimate of drug-likeness (QED) is 0.636. The van der Waals surface area contributed by atoms with Crippen LogP contribution in [-0.4, -0.2) is 47.1 Å². The Morgan fingerprint density at radius 1 is 1.00 bits per heavy atom. The lowest BCUT2D eigenvalue weighted by Crippen LogP contribution is -2.88. The highest BCUT2D eigenvalue weighted by Gasteiger charge is 2.93. The molecule has 8 fully saturated rings. The van der Waals surface area contributed by atoms with Crippen LogP contribution in [-0.2, 0) is 23.8 Å². The number of aliphatic hydroxyl groups excluding tert-OH is 1. The second-order valence-electron chi connectivity index (χ2n) is 13.2. The molecule has 0 radical (unpaired) electrons. The normalized spacial score (nSPS) is 60.8. The standard InChI is InChI=1S/C25H34O6/c1-20(2)13-9-11(13)16(26)23-10-29-25(17(27)15(20)23)24-14(23)8-7-12(21(3,4)19(24)28)18(24)30-22(5,6)31-25/h11-15,17-18,27H,7-10H2,1-6H3/t11?,12-,13?,14+,15-,17+,18+,23+,24-,25+/m1/s1. The molecule has 0 aromatic rings. The second-order valence-corrected chi connectivity index (χ2v) is 13.2. The van der Waals surface area contributed by atoms with Crippen LogP contribution in [0.2, 0.25) is 0 Å². The van der Waals surface area contributed by atoms with Gasteiger partial charge in [0.15, 0.2) is 11.6 Å². The van der Waals surface area contributed by atoms with E-state index in [1.807, 2.05) is 27.7 Å². The van der Waals surface area contributed by atoms with Gasteiger partial charge in [0, 0.05) is 17.3 Å². The molecule has 0 aromatic heterocycles. The van der Waals surface area contributed by atoms with Crippen molar-refractivity contribution in [2.24, 2.45) is 51.2 Å². The summed E-state index contributed by atoms with van der Waals surface area (Å²) in [5.74, 6) is -2.27. The molecule has 0 aromatic carbocycles. The fourth-order valence-corrected chi connectivity index (χ4v) is 10.2. The van der Waals surface area contributed by atoms with Crippen molar-refractivity contribution < 1.29 is 28.9 Å². The van der Waals surface area contributed by atoms with Gasteiger partial charge in [-0.05, 0) is 56.3 Å². The number of rotatable bonds is 0. The largest absolute Gasteiger partial charge is 0.387 e. The number of carbonyl (C=O) groups is 2. The van der Waals surface area contributed by atoms with E-state index < -0.39 is 40.0 Å². The summed E-state index contributed by atoms with van der Waals surface area (Å²) < 4.78 is 19.7. The van der Waals surface area contributed by atoms with Crippen molar-refractivity contribution in [1.29, 1.82) is 0 Å². The van der Waals surface area contributed by atoms with Gasteiger partial charge in [0.2, 0.25) is 5.79 Å².